The van der Waals surface area contributed by atoms with E-state index < -0.39 is 0 Å². The van der Waals surface area contributed by atoms with E-state index in [0.29, 0.717) is 35.8 Å². The SMILES string of the molecule is CC(C)N(C(=O)c1ccc(OCCCCCOc2ccc(C(=N)N)cc2)cc1OCC(=O)N(C)C)C(C)C. The average Bonchev–Trinajstić information content (AvgIpc) is 2.86. The summed E-state index contributed by atoms with van der Waals surface area (Å²) in [6.45, 7) is 8.80. The molecular formula is C29H42N4O5. The average molecular weight is 527 g/mol. The summed E-state index contributed by atoms with van der Waals surface area (Å²) >= 11 is 0. The number of nitrogens with zero attached hydrogens (tertiary/aromatic N) is 2. The second kappa shape index (κ2) is 14.9. The Kier molecular flexibility index (Phi) is 11.9. The minimum Gasteiger partial charge on any atom is -0.494 e. The van der Waals surface area contributed by atoms with Crippen molar-refractivity contribution in [1.82, 2.24) is 9.80 Å². The van der Waals surface area contributed by atoms with E-state index >= 15 is 0 Å². The van der Waals surface area contributed by atoms with Gasteiger partial charge in [0.25, 0.3) is 11.8 Å². The highest BCUT2D eigenvalue weighted by Crippen LogP contribution is 2.28. The molecule has 0 saturated carbocycles. The smallest absolute Gasteiger partial charge is 0.259 e. The molecule has 0 bridgehead atoms. The number of nitrogens with two attached hydrogens (primary N) is 1. The lowest BCUT2D eigenvalue weighted by atomic mass is 10.1. The van der Waals surface area contributed by atoms with Gasteiger partial charge in [-0.15, -0.1) is 0 Å². The molecule has 3 N–H and O–H groups in total. The molecule has 0 unspecified atom stereocenters. The van der Waals surface area contributed by atoms with Gasteiger partial charge in [-0.3, -0.25) is 15.0 Å². The van der Waals surface area contributed by atoms with E-state index in [-0.39, 0.29) is 36.3 Å². The Bertz CT molecular complexity index is 1060. The van der Waals surface area contributed by atoms with Crippen LogP contribution in [0.1, 0.15) is 62.9 Å². The van der Waals surface area contributed by atoms with Crippen molar-refractivity contribution < 1.29 is 23.8 Å². The summed E-state index contributed by atoms with van der Waals surface area (Å²) in [4.78, 5) is 28.7. The molecule has 0 aliphatic carbocycles. The van der Waals surface area contributed by atoms with Crippen LogP contribution in [0, 0.1) is 5.41 Å². The van der Waals surface area contributed by atoms with Crippen LogP contribution in [-0.4, -0.2) is 73.4 Å². The monoisotopic (exact) mass is 526 g/mol. The number of amidine groups is 1. The molecule has 2 rings (SSSR count). The number of carbonyl (C=O) groups is 2. The Labute approximate surface area is 226 Å². The Balaban J connectivity index is 1.93. The van der Waals surface area contributed by atoms with Crippen molar-refractivity contribution in [2.75, 3.05) is 33.9 Å². The van der Waals surface area contributed by atoms with E-state index in [0.717, 1.165) is 25.0 Å². The first-order valence-electron chi connectivity index (χ1n) is 13.0. The van der Waals surface area contributed by atoms with Gasteiger partial charge in [-0.2, -0.15) is 0 Å². The Morgan fingerprint density at radius 1 is 0.842 bits per heavy atom. The maximum Gasteiger partial charge on any atom is 0.259 e. The molecule has 9 heteroatoms. The second-order valence-corrected chi connectivity index (χ2v) is 9.83. The second-order valence-electron chi connectivity index (χ2n) is 9.83. The Morgan fingerprint density at radius 2 is 1.39 bits per heavy atom. The van der Waals surface area contributed by atoms with E-state index in [9.17, 15) is 9.59 Å². The number of likely N-dealkylation sites (N-methyl/N-ethyl adjacent to an activating group) is 1. The third-order valence-corrected chi connectivity index (χ3v) is 5.87. The predicted molar refractivity (Wildman–Crippen MR) is 149 cm³/mol. The fraction of sp³-hybridized carbons (Fsp3) is 0.483. The number of unbranched alkanes of at least 4 members (excludes halogenated alkanes) is 2. The number of amides is 2. The molecular weight excluding hydrogens is 484 g/mol. The number of nitrogen functional groups attached to an aromatic ring is 1. The zero-order valence-corrected chi connectivity index (χ0v) is 23.5. The molecule has 38 heavy (non-hydrogen) atoms. The highest BCUT2D eigenvalue weighted by Gasteiger charge is 2.25. The molecule has 0 atom stereocenters. The van der Waals surface area contributed by atoms with Gasteiger partial charge >= 0.3 is 0 Å². The van der Waals surface area contributed by atoms with Crippen molar-refractivity contribution in [3.63, 3.8) is 0 Å². The fourth-order valence-corrected chi connectivity index (χ4v) is 3.85. The lowest BCUT2D eigenvalue weighted by Crippen LogP contribution is -2.42. The minimum absolute atomic E-state index is 0.0126. The van der Waals surface area contributed by atoms with Gasteiger partial charge in [-0.25, -0.2) is 0 Å². The number of carbonyl (C=O) groups excluding carboxylic acids is 2. The first kappa shape index (κ1) is 30.5. The fourth-order valence-electron chi connectivity index (χ4n) is 3.85. The van der Waals surface area contributed by atoms with E-state index in [1.807, 2.05) is 39.8 Å². The van der Waals surface area contributed by atoms with Crippen molar-refractivity contribution >= 4 is 17.6 Å². The van der Waals surface area contributed by atoms with Crippen LogP contribution < -0.4 is 19.9 Å². The first-order valence-corrected chi connectivity index (χ1v) is 13.0. The molecule has 0 spiro atoms. The zero-order chi connectivity index (χ0) is 28.2. The highest BCUT2D eigenvalue weighted by atomic mass is 16.5. The molecule has 2 aromatic rings. The summed E-state index contributed by atoms with van der Waals surface area (Å²) in [5.41, 5.74) is 6.54. The molecule has 0 fully saturated rings. The van der Waals surface area contributed by atoms with Crippen molar-refractivity contribution in [1.29, 1.82) is 5.41 Å². The third-order valence-electron chi connectivity index (χ3n) is 5.87. The summed E-state index contributed by atoms with van der Waals surface area (Å²) in [6, 6.07) is 12.3. The zero-order valence-electron chi connectivity index (χ0n) is 23.5. The molecule has 0 aliphatic rings. The van der Waals surface area contributed by atoms with Gasteiger partial charge in [-0.05, 0) is 83.4 Å². The number of rotatable bonds is 15. The molecule has 9 nitrogen and oxygen atoms in total. The highest BCUT2D eigenvalue weighted by molar-refractivity contribution is 5.97. The lowest BCUT2D eigenvalue weighted by molar-refractivity contribution is -0.130. The quantitative estimate of drug-likeness (QED) is 0.203. The number of nitrogens with one attached hydrogen (secondary N) is 1. The van der Waals surface area contributed by atoms with E-state index in [4.69, 9.17) is 25.4 Å². The van der Waals surface area contributed by atoms with Crippen molar-refractivity contribution in [3.8, 4) is 17.2 Å². The number of hydrogen-bond acceptors (Lipinski definition) is 6. The molecule has 0 aromatic heterocycles. The summed E-state index contributed by atoms with van der Waals surface area (Å²) in [5, 5.41) is 7.43. The van der Waals surface area contributed by atoms with Crippen molar-refractivity contribution in [2.24, 2.45) is 5.73 Å². The number of benzene rings is 2. The van der Waals surface area contributed by atoms with Crippen molar-refractivity contribution in [3.05, 3.63) is 53.6 Å². The van der Waals surface area contributed by atoms with Crippen LogP contribution in [0.5, 0.6) is 17.2 Å². The van der Waals surface area contributed by atoms with Crippen LogP contribution in [0.25, 0.3) is 0 Å². The van der Waals surface area contributed by atoms with Crippen LogP contribution in [0.15, 0.2) is 42.5 Å². The maximum atomic E-state index is 13.3. The van der Waals surface area contributed by atoms with Crippen LogP contribution in [0.2, 0.25) is 0 Å². The maximum absolute atomic E-state index is 13.3. The minimum atomic E-state index is -0.198. The number of ether oxygens (including phenoxy) is 3. The van der Waals surface area contributed by atoms with Gasteiger partial charge < -0.3 is 29.7 Å². The van der Waals surface area contributed by atoms with Gasteiger partial charge in [-0.1, -0.05) is 0 Å². The Morgan fingerprint density at radius 3 is 1.92 bits per heavy atom. The molecule has 2 amide bonds. The summed E-state index contributed by atoms with van der Waals surface area (Å²) < 4.78 is 17.5. The molecule has 0 saturated heterocycles. The third kappa shape index (κ3) is 9.28. The molecule has 0 radical (unpaired) electrons. The van der Waals surface area contributed by atoms with Crippen LogP contribution in [0.3, 0.4) is 0 Å². The number of hydrogen-bond donors (Lipinski definition) is 2. The van der Waals surface area contributed by atoms with Gasteiger partial charge in [0.05, 0.1) is 18.8 Å². The van der Waals surface area contributed by atoms with Crippen molar-refractivity contribution in [2.45, 2.75) is 59.0 Å². The lowest BCUT2D eigenvalue weighted by Gasteiger charge is -2.31. The largest absolute Gasteiger partial charge is 0.494 e. The van der Waals surface area contributed by atoms with Crippen LogP contribution >= 0.6 is 0 Å². The molecule has 0 aliphatic heterocycles. The van der Waals surface area contributed by atoms with Gasteiger partial charge in [0, 0.05) is 37.8 Å². The normalized spacial score (nSPS) is 10.8. The van der Waals surface area contributed by atoms with E-state index in [1.54, 1.807) is 49.3 Å². The summed E-state index contributed by atoms with van der Waals surface area (Å²) in [7, 11) is 3.32. The molecule has 0 heterocycles. The summed E-state index contributed by atoms with van der Waals surface area (Å²) in [5.74, 6) is 1.34. The van der Waals surface area contributed by atoms with E-state index in [1.165, 1.54) is 4.90 Å². The Hall–Kier alpha value is -3.75. The van der Waals surface area contributed by atoms with Gasteiger partial charge in [0.2, 0.25) is 0 Å². The van der Waals surface area contributed by atoms with Gasteiger partial charge in [0.1, 0.15) is 23.1 Å². The van der Waals surface area contributed by atoms with E-state index in [2.05, 4.69) is 0 Å². The van der Waals surface area contributed by atoms with Crippen LogP contribution in [0.4, 0.5) is 0 Å². The standard InChI is InChI=1S/C29H42N4O5/c1-20(2)33(21(3)4)29(35)25-15-14-24(18-26(25)38-19-27(34)32(5)6)37-17-9-7-8-16-36-23-12-10-22(11-13-23)28(30)31/h10-15,18,20-21H,7-9,16-17,19H2,1-6H3,(H3,30,31). The van der Waals surface area contributed by atoms with Gasteiger partial charge in [0.15, 0.2) is 6.61 Å². The first-order chi connectivity index (χ1) is 18.0. The topological polar surface area (TPSA) is 118 Å². The molecule has 2 aromatic carbocycles. The summed E-state index contributed by atoms with van der Waals surface area (Å²) in [6.07, 6.45) is 2.62. The predicted octanol–water partition coefficient (Wildman–Crippen LogP) is 4.32. The van der Waals surface area contributed by atoms with Crippen LogP contribution in [-0.2, 0) is 4.79 Å². The molecule has 208 valence electrons.